The lowest BCUT2D eigenvalue weighted by Crippen LogP contribution is -2.36. The molecule has 1 aliphatic rings. The largest absolute Gasteiger partial charge is 0.330 e. The van der Waals surface area contributed by atoms with Gasteiger partial charge in [0.1, 0.15) is 12.7 Å². The lowest BCUT2D eigenvalue weighted by molar-refractivity contribution is 0.730. The van der Waals surface area contributed by atoms with Crippen molar-refractivity contribution >= 4 is 23.5 Å². The van der Waals surface area contributed by atoms with Crippen molar-refractivity contribution in [3.63, 3.8) is 0 Å². The van der Waals surface area contributed by atoms with Gasteiger partial charge in [0.05, 0.1) is 0 Å². The van der Waals surface area contributed by atoms with Crippen LogP contribution in [0.4, 0.5) is 17.2 Å². The highest BCUT2D eigenvalue weighted by Gasteiger charge is 2.37. The maximum absolute atomic E-state index is 11.6. The fraction of sp³-hybridized carbons (Fsp3) is 0. The number of aromatic amines is 2. The molecular weight excluding hydrogens is 232 g/mol. The molecule has 0 aliphatic carbocycles. The van der Waals surface area contributed by atoms with Gasteiger partial charge in [-0.15, -0.1) is 0 Å². The summed E-state index contributed by atoms with van der Waals surface area (Å²) in [6.07, 6.45) is 1.52. The highest BCUT2D eigenvalue weighted by Crippen LogP contribution is 2.38. The van der Waals surface area contributed by atoms with Crippen molar-refractivity contribution in [2.45, 2.75) is 0 Å². The van der Waals surface area contributed by atoms with Crippen LogP contribution in [-0.4, -0.2) is 16.3 Å². The molecule has 3 rings (SSSR count). The van der Waals surface area contributed by atoms with E-state index in [4.69, 9.17) is 0 Å². The summed E-state index contributed by atoms with van der Waals surface area (Å²) in [4.78, 5) is 31.8. The Morgan fingerprint density at radius 3 is 2.56 bits per heavy atom. The number of H-pyrrole nitrogens is 2. The topological polar surface area (TPSA) is 78.1 Å². The zero-order valence-electron chi connectivity index (χ0n) is 9.38. The molecule has 1 radical (unpaired) electrons. The Labute approximate surface area is 102 Å². The summed E-state index contributed by atoms with van der Waals surface area (Å²) in [6, 6.07) is 9.31. The Morgan fingerprint density at radius 1 is 1.11 bits per heavy atom. The number of nitrogens with one attached hydrogen (secondary N) is 2. The molecule has 2 heterocycles. The molecule has 1 aliphatic heterocycles. The maximum atomic E-state index is 11.6. The van der Waals surface area contributed by atoms with E-state index < -0.39 is 11.2 Å². The molecule has 0 amide bonds. The summed E-state index contributed by atoms with van der Waals surface area (Å²) in [5.41, 5.74) is -0.0781. The first-order valence-electron chi connectivity index (χ1n) is 5.32. The van der Waals surface area contributed by atoms with Crippen LogP contribution < -0.4 is 15.7 Å². The third-order valence-electron chi connectivity index (χ3n) is 2.90. The third kappa shape index (κ3) is 1.36. The Bertz CT molecular complexity index is 745. The van der Waals surface area contributed by atoms with Crippen molar-refractivity contribution in [1.82, 2.24) is 14.5 Å². The average Bonchev–Trinajstić information content (AvgIpc) is 2.70. The fourth-order valence-electron chi connectivity index (χ4n) is 1.98. The highest BCUT2D eigenvalue weighted by atomic mass is 16.2. The van der Waals surface area contributed by atoms with Crippen molar-refractivity contribution in [3.8, 4) is 0 Å². The van der Waals surface area contributed by atoms with Gasteiger partial charge in [0.15, 0.2) is 0 Å². The molecule has 0 fully saturated rings. The van der Waals surface area contributed by atoms with E-state index in [0.29, 0.717) is 5.82 Å². The first-order valence-corrected chi connectivity index (χ1v) is 5.32. The minimum Gasteiger partial charge on any atom is -0.272 e. The van der Waals surface area contributed by atoms with Crippen LogP contribution in [-0.2, 0) is 0 Å². The second kappa shape index (κ2) is 3.51. The predicted octanol–water partition coefficient (Wildman–Crippen LogP) is 1.17. The summed E-state index contributed by atoms with van der Waals surface area (Å²) in [6.45, 7) is 0. The Balaban J connectivity index is 2.30. The number of aliphatic imine (C=N–C) groups is 1. The number of benzene rings is 1. The molecule has 1 atom stereocenters. The summed E-state index contributed by atoms with van der Waals surface area (Å²) >= 11 is 0. The molecule has 1 aromatic heterocycles. The van der Waals surface area contributed by atoms with E-state index in [2.05, 4.69) is 22.0 Å². The van der Waals surface area contributed by atoms with Gasteiger partial charge >= 0.3 is 5.69 Å². The summed E-state index contributed by atoms with van der Waals surface area (Å²) in [5.74, 6) is 0.370. The SMILES string of the molecule is [CH2][N+]1(c2ccccc2)C=Nc2c1[nH]c(=O)[nH]c2=O. The van der Waals surface area contributed by atoms with Crippen LogP contribution in [0.2, 0.25) is 0 Å². The van der Waals surface area contributed by atoms with Gasteiger partial charge in [0.25, 0.3) is 11.4 Å². The molecule has 6 nitrogen and oxygen atoms in total. The molecule has 6 heteroatoms. The van der Waals surface area contributed by atoms with Crippen LogP contribution in [0.15, 0.2) is 44.9 Å². The van der Waals surface area contributed by atoms with E-state index in [0.717, 1.165) is 5.69 Å². The van der Waals surface area contributed by atoms with Crippen LogP contribution >= 0.6 is 0 Å². The number of fused-ring (bicyclic) bond motifs is 1. The van der Waals surface area contributed by atoms with Crippen molar-refractivity contribution in [3.05, 3.63) is 58.2 Å². The summed E-state index contributed by atoms with van der Waals surface area (Å²) in [5, 5.41) is 0. The smallest absolute Gasteiger partial charge is 0.272 e. The zero-order chi connectivity index (χ0) is 12.8. The Kier molecular flexibility index (Phi) is 2.08. The average molecular weight is 242 g/mol. The summed E-state index contributed by atoms with van der Waals surface area (Å²) < 4.78 is -0.0741. The van der Waals surface area contributed by atoms with Gasteiger partial charge < -0.3 is 0 Å². The fourth-order valence-corrected chi connectivity index (χ4v) is 1.98. The van der Waals surface area contributed by atoms with Crippen molar-refractivity contribution in [2.24, 2.45) is 4.99 Å². The van der Waals surface area contributed by atoms with E-state index >= 15 is 0 Å². The molecule has 0 saturated heterocycles. The van der Waals surface area contributed by atoms with E-state index in [1.165, 1.54) is 6.34 Å². The number of nitrogens with zero attached hydrogens (tertiary/aromatic N) is 2. The lowest BCUT2D eigenvalue weighted by atomic mass is 10.2. The van der Waals surface area contributed by atoms with Crippen molar-refractivity contribution in [2.75, 3.05) is 0 Å². The van der Waals surface area contributed by atoms with E-state index in [-0.39, 0.29) is 10.2 Å². The lowest BCUT2D eigenvalue weighted by Gasteiger charge is -2.22. The first-order chi connectivity index (χ1) is 8.61. The van der Waals surface area contributed by atoms with Crippen molar-refractivity contribution in [1.29, 1.82) is 0 Å². The molecule has 1 aromatic carbocycles. The summed E-state index contributed by atoms with van der Waals surface area (Å²) in [7, 11) is 4.03. The number of quaternary nitrogens is 1. The second-order valence-corrected chi connectivity index (χ2v) is 4.05. The quantitative estimate of drug-likeness (QED) is 0.736. The van der Waals surface area contributed by atoms with Gasteiger partial charge in [-0.25, -0.2) is 4.79 Å². The van der Waals surface area contributed by atoms with Gasteiger partial charge in [-0.1, -0.05) is 18.2 Å². The van der Waals surface area contributed by atoms with Crippen LogP contribution in [0.1, 0.15) is 0 Å². The highest BCUT2D eigenvalue weighted by molar-refractivity contribution is 5.92. The zero-order valence-corrected chi connectivity index (χ0v) is 9.38. The van der Waals surface area contributed by atoms with Crippen LogP contribution in [0.25, 0.3) is 0 Å². The van der Waals surface area contributed by atoms with Crippen molar-refractivity contribution < 1.29 is 0 Å². The molecular formula is C12H10N4O2+. The standard InChI is InChI=1S/C12H10N4O2/c1-16(8-5-3-2-4-6-8)7-13-9-10(16)14-12(18)15-11(9)17/h2-7H,1H2,(H2,14,15,17,18)/q+1. The number of para-hydroxylation sites is 1. The molecule has 0 spiro atoms. The van der Waals surface area contributed by atoms with E-state index in [1.807, 2.05) is 30.3 Å². The molecule has 0 bridgehead atoms. The Morgan fingerprint density at radius 2 is 1.83 bits per heavy atom. The monoisotopic (exact) mass is 242 g/mol. The molecule has 18 heavy (non-hydrogen) atoms. The number of rotatable bonds is 1. The van der Waals surface area contributed by atoms with Gasteiger partial charge in [-0.3, -0.25) is 14.8 Å². The molecule has 1 unspecified atom stereocenters. The van der Waals surface area contributed by atoms with E-state index in [1.54, 1.807) is 0 Å². The minimum absolute atomic E-state index is 0.0741. The van der Waals surface area contributed by atoms with E-state index in [9.17, 15) is 9.59 Å². The second-order valence-electron chi connectivity index (χ2n) is 4.05. The molecule has 2 aromatic rings. The minimum atomic E-state index is -0.564. The number of hydrogen-bond acceptors (Lipinski definition) is 3. The first kappa shape index (κ1) is 10.7. The molecule has 2 N–H and O–H groups in total. The predicted molar refractivity (Wildman–Crippen MR) is 69.1 cm³/mol. The number of hydrogen-bond donors (Lipinski definition) is 2. The molecule has 89 valence electrons. The Hall–Kier alpha value is -2.47. The van der Waals surface area contributed by atoms with Crippen LogP contribution in [0, 0.1) is 7.05 Å². The van der Waals surface area contributed by atoms with Gasteiger partial charge in [0, 0.05) is 12.1 Å². The van der Waals surface area contributed by atoms with Gasteiger partial charge in [-0.05, 0) is 0 Å². The van der Waals surface area contributed by atoms with Gasteiger partial charge in [0.2, 0.25) is 12.0 Å². The van der Waals surface area contributed by atoms with Crippen LogP contribution in [0.3, 0.4) is 0 Å². The maximum Gasteiger partial charge on any atom is 0.330 e. The van der Waals surface area contributed by atoms with Gasteiger partial charge in [-0.2, -0.15) is 9.48 Å². The third-order valence-corrected chi connectivity index (χ3v) is 2.90. The van der Waals surface area contributed by atoms with Crippen LogP contribution in [0.5, 0.6) is 0 Å². The normalized spacial score (nSPS) is 20.9. The molecule has 0 saturated carbocycles. The number of aromatic nitrogens is 2.